The first kappa shape index (κ1) is 13.6. The minimum atomic E-state index is -0.481. The van der Waals surface area contributed by atoms with Crippen LogP contribution in [0, 0.1) is 0 Å². The summed E-state index contributed by atoms with van der Waals surface area (Å²) in [5.41, 5.74) is 1.36. The molecule has 0 unspecified atom stereocenters. The average molecular weight is 307 g/mol. The number of fused-ring (bicyclic) bond motifs is 1. The van der Waals surface area contributed by atoms with Crippen molar-refractivity contribution in [2.45, 2.75) is 0 Å². The number of carbonyl (C=O) groups excluding carboxylic acids is 2. The van der Waals surface area contributed by atoms with Gasteiger partial charge < -0.3 is 10.4 Å². The molecule has 21 heavy (non-hydrogen) atoms. The molecular formula is C13H11ClN4O3. The highest BCUT2D eigenvalue weighted by Gasteiger charge is 2.30. The smallest absolute Gasteiger partial charge is 0.277 e. The Kier molecular flexibility index (Phi) is 3.36. The number of β-amino-alcohol motifs (C(OH)–C–C–N with tert-alkyl or cyclic N) is 1. The first-order valence-electron chi connectivity index (χ1n) is 6.20. The number of hydrogen-bond donors (Lipinski definition) is 3. The molecule has 1 aromatic carbocycles. The Hall–Kier alpha value is -2.38. The van der Waals surface area contributed by atoms with E-state index in [1.165, 1.54) is 6.08 Å². The van der Waals surface area contributed by atoms with Crippen molar-refractivity contribution in [1.29, 1.82) is 0 Å². The number of aliphatic hydroxyl groups excluding tert-OH is 1. The molecule has 7 nitrogen and oxygen atoms in total. The van der Waals surface area contributed by atoms with Gasteiger partial charge >= 0.3 is 0 Å². The first-order chi connectivity index (χ1) is 10.1. The van der Waals surface area contributed by atoms with Gasteiger partial charge in [0.05, 0.1) is 29.7 Å². The topological polar surface area (TPSA) is 98.3 Å². The van der Waals surface area contributed by atoms with Gasteiger partial charge in [-0.1, -0.05) is 17.7 Å². The van der Waals surface area contributed by atoms with Crippen LogP contribution >= 0.6 is 11.6 Å². The number of anilines is 1. The lowest BCUT2D eigenvalue weighted by atomic mass is 10.2. The van der Waals surface area contributed by atoms with Gasteiger partial charge in [-0.25, -0.2) is 0 Å². The van der Waals surface area contributed by atoms with Crippen molar-refractivity contribution >= 4 is 40.0 Å². The number of aromatic amines is 1. The lowest BCUT2D eigenvalue weighted by molar-refractivity contribution is -0.137. The summed E-state index contributed by atoms with van der Waals surface area (Å²) >= 11 is 6.03. The van der Waals surface area contributed by atoms with E-state index in [1.807, 2.05) is 0 Å². The minimum Gasteiger partial charge on any atom is -0.395 e. The molecule has 0 spiro atoms. The van der Waals surface area contributed by atoms with Gasteiger partial charge in [-0.3, -0.25) is 19.6 Å². The van der Waals surface area contributed by atoms with Crippen molar-refractivity contribution < 1.29 is 14.7 Å². The van der Waals surface area contributed by atoms with Crippen LogP contribution in [-0.2, 0) is 9.59 Å². The number of nitrogens with zero attached hydrogens (tertiary/aromatic N) is 2. The number of halogens is 1. The standard InChI is InChI=1S/C13H11ClN4O3/c14-12-11-7(2-1-3-8(11)16-17-12)15-9-6-10(20)18(4-5-19)13(9)21/h1-3,6,15,19H,4-5H2,(H,16,17). The van der Waals surface area contributed by atoms with E-state index in [4.69, 9.17) is 16.7 Å². The van der Waals surface area contributed by atoms with Crippen molar-refractivity contribution in [2.75, 3.05) is 18.5 Å². The van der Waals surface area contributed by atoms with Gasteiger partial charge in [-0.15, -0.1) is 0 Å². The van der Waals surface area contributed by atoms with Gasteiger partial charge in [0.25, 0.3) is 11.8 Å². The van der Waals surface area contributed by atoms with E-state index in [-0.39, 0.29) is 18.8 Å². The summed E-state index contributed by atoms with van der Waals surface area (Å²) in [6.45, 7) is -0.308. The van der Waals surface area contributed by atoms with E-state index in [9.17, 15) is 9.59 Å². The maximum absolute atomic E-state index is 12.1. The molecule has 1 aliphatic heterocycles. The Morgan fingerprint density at radius 3 is 2.95 bits per heavy atom. The van der Waals surface area contributed by atoms with Crippen molar-refractivity contribution in [2.24, 2.45) is 0 Å². The minimum absolute atomic E-state index is 0.0317. The Morgan fingerprint density at radius 2 is 2.19 bits per heavy atom. The van der Waals surface area contributed by atoms with Crippen molar-refractivity contribution in [1.82, 2.24) is 15.1 Å². The number of hydrogen-bond acceptors (Lipinski definition) is 5. The van der Waals surface area contributed by atoms with Gasteiger partial charge in [-0.2, -0.15) is 5.10 Å². The highest BCUT2D eigenvalue weighted by Crippen LogP contribution is 2.30. The number of imide groups is 1. The molecule has 3 rings (SSSR count). The summed E-state index contributed by atoms with van der Waals surface area (Å²) in [7, 11) is 0. The molecule has 2 aromatic rings. The van der Waals surface area contributed by atoms with Crippen LogP contribution in [0.2, 0.25) is 5.15 Å². The number of aromatic nitrogens is 2. The third kappa shape index (κ3) is 2.26. The summed E-state index contributed by atoms with van der Waals surface area (Å²) in [5.74, 6) is -0.937. The summed E-state index contributed by atoms with van der Waals surface area (Å²) in [4.78, 5) is 24.7. The lowest BCUT2D eigenvalue weighted by Crippen LogP contribution is -2.34. The Labute approximate surface area is 124 Å². The van der Waals surface area contributed by atoms with Crippen LogP contribution in [0.1, 0.15) is 0 Å². The third-order valence-corrected chi connectivity index (χ3v) is 3.41. The van der Waals surface area contributed by atoms with Crippen LogP contribution in [0.25, 0.3) is 10.9 Å². The SMILES string of the molecule is O=C1C=C(Nc2cccc3n[nH]c(Cl)c23)C(=O)N1CCO. The molecule has 108 valence electrons. The highest BCUT2D eigenvalue weighted by molar-refractivity contribution is 6.35. The fourth-order valence-electron chi connectivity index (χ4n) is 2.19. The number of aliphatic hydroxyl groups is 1. The van der Waals surface area contributed by atoms with Gasteiger partial charge in [0, 0.05) is 6.08 Å². The van der Waals surface area contributed by atoms with Gasteiger partial charge in [0.15, 0.2) is 0 Å². The molecule has 2 heterocycles. The van der Waals surface area contributed by atoms with Crippen molar-refractivity contribution in [3.8, 4) is 0 Å². The zero-order valence-corrected chi connectivity index (χ0v) is 11.5. The quantitative estimate of drug-likeness (QED) is 0.728. The number of carbonyl (C=O) groups is 2. The second-order valence-corrected chi connectivity index (χ2v) is 4.82. The van der Waals surface area contributed by atoms with E-state index in [0.717, 1.165) is 4.90 Å². The van der Waals surface area contributed by atoms with Gasteiger partial charge in [0.2, 0.25) is 0 Å². The van der Waals surface area contributed by atoms with E-state index in [2.05, 4.69) is 15.5 Å². The van der Waals surface area contributed by atoms with Gasteiger partial charge in [-0.05, 0) is 12.1 Å². The zero-order valence-electron chi connectivity index (χ0n) is 10.8. The van der Waals surface area contributed by atoms with Crippen LogP contribution in [0.3, 0.4) is 0 Å². The first-order valence-corrected chi connectivity index (χ1v) is 6.57. The molecule has 0 fully saturated rings. The molecule has 8 heteroatoms. The van der Waals surface area contributed by atoms with Crippen molar-refractivity contribution in [3.05, 3.63) is 35.1 Å². The number of amides is 2. The van der Waals surface area contributed by atoms with E-state index >= 15 is 0 Å². The highest BCUT2D eigenvalue weighted by atomic mass is 35.5. The molecular weight excluding hydrogens is 296 g/mol. The number of nitrogens with one attached hydrogen (secondary N) is 2. The molecule has 0 saturated heterocycles. The van der Waals surface area contributed by atoms with E-state index in [1.54, 1.807) is 18.2 Å². The van der Waals surface area contributed by atoms with Crippen LogP contribution in [0.15, 0.2) is 30.0 Å². The second-order valence-electron chi connectivity index (χ2n) is 4.44. The second kappa shape index (κ2) is 5.19. The van der Waals surface area contributed by atoms with E-state index < -0.39 is 11.8 Å². The predicted molar refractivity (Wildman–Crippen MR) is 76.6 cm³/mol. The molecule has 0 atom stereocenters. The van der Waals surface area contributed by atoms with Crippen LogP contribution in [0.4, 0.5) is 5.69 Å². The summed E-state index contributed by atoms with van der Waals surface area (Å²) in [6.07, 6.45) is 1.20. The van der Waals surface area contributed by atoms with E-state index in [0.29, 0.717) is 21.7 Å². The summed E-state index contributed by atoms with van der Waals surface area (Å²) in [5, 5.41) is 19.4. The molecule has 0 aliphatic carbocycles. The number of benzene rings is 1. The zero-order chi connectivity index (χ0) is 15.0. The molecule has 0 bridgehead atoms. The van der Waals surface area contributed by atoms with Crippen LogP contribution < -0.4 is 5.32 Å². The molecule has 1 aromatic heterocycles. The Bertz CT molecular complexity index is 768. The average Bonchev–Trinajstić information content (AvgIpc) is 2.96. The number of rotatable bonds is 4. The maximum Gasteiger partial charge on any atom is 0.277 e. The molecule has 2 amide bonds. The Balaban J connectivity index is 1.93. The molecule has 1 aliphatic rings. The maximum atomic E-state index is 12.1. The molecule has 0 radical (unpaired) electrons. The third-order valence-electron chi connectivity index (χ3n) is 3.14. The summed E-state index contributed by atoms with van der Waals surface area (Å²) < 4.78 is 0. The molecule has 3 N–H and O–H groups in total. The monoisotopic (exact) mass is 306 g/mol. The predicted octanol–water partition coefficient (Wildman–Crippen LogP) is 0.873. The molecule has 0 saturated carbocycles. The van der Waals surface area contributed by atoms with Crippen LogP contribution in [0.5, 0.6) is 0 Å². The van der Waals surface area contributed by atoms with Gasteiger partial charge in [0.1, 0.15) is 10.9 Å². The van der Waals surface area contributed by atoms with Crippen molar-refractivity contribution in [3.63, 3.8) is 0 Å². The summed E-state index contributed by atoms with van der Waals surface area (Å²) in [6, 6.07) is 5.27. The Morgan fingerprint density at radius 1 is 1.38 bits per heavy atom. The lowest BCUT2D eigenvalue weighted by Gasteiger charge is -2.13. The fraction of sp³-hybridized carbons (Fsp3) is 0.154. The normalized spacial score (nSPS) is 15.0. The fourth-order valence-corrected chi connectivity index (χ4v) is 2.43. The van der Waals surface area contributed by atoms with Crippen LogP contribution in [-0.4, -0.2) is 45.2 Å². The number of H-pyrrole nitrogens is 1. The largest absolute Gasteiger partial charge is 0.395 e.